The van der Waals surface area contributed by atoms with Gasteiger partial charge in [0.1, 0.15) is 0 Å². The zero-order valence-corrected chi connectivity index (χ0v) is 8.69. The van der Waals surface area contributed by atoms with Gasteiger partial charge in [-0.05, 0) is 18.1 Å². The third-order valence-electron chi connectivity index (χ3n) is 2.65. The zero-order valence-electron chi connectivity index (χ0n) is 8.69. The largest absolute Gasteiger partial charge is 0.370 e. The average molecular weight is 204 g/mol. The Balaban J connectivity index is 1.99. The van der Waals surface area contributed by atoms with Gasteiger partial charge in [0.2, 0.25) is 0 Å². The fourth-order valence-corrected chi connectivity index (χ4v) is 1.94. The first-order valence-corrected chi connectivity index (χ1v) is 5.15. The highest BCUT2D eigenvalue weighted by atomic mass is 15.2. The molecule has 0 fully saturated rings. The number of para-hydroxylation sites is 1. The molecular formula is C11H16N4. The molecular weight excluding hydrogens is 188 g/mol. The highest BCUT2D eigenvalue weighted by molar-refractivity contribution is 5.75. The van der Waals surface area contributed by atoms with Crippen LogP contribution in [0.5, 0.6) is 0 Å². The van der Waals surface area contributed by atoms with E-state index in [2.05, 4.69) is 34.2 Å². The summed E-state index contributed by atoms with van der Waals surface area (Å²) >= 11 is 0. The molecule has 0 atom stereocenters. The van der Waals surface area contributed by atoms with Crippen LogP contribution in [-0.4, -0.2) is 25.6 Å². The maximum Gasteiger partial charge on any atom is 0.185 e. The fraction of sp³-hybridized carbons (Fsp3) is 0.364. The minimum absolute atomic E-state index is 0.169. The van der Waals surface area contributed by atoms with Crippen molar-refractivity contribution in [3.05, 3.63) is 29.8 Å². The smallest absolute Gasteiger partial charge is 0.185 e. The Labute approximate surface area is 89.6 Å². The lowest BCUT2D eigenvalue weighted by Crippen LogP contribution is -2.27. The van der Waals surface area contributed by atoms with Gasteiger partial charge in [0.05, 0.1) is 6.54 Å². The second-order valence-electron chi connectivity index (χ2n) is 3.67. The van der Waals surface area contributed by atoms with Crippen LogP contribution in [-0.2, 0) is 6.42 Å². The number of hydrogen-bond donors (Lipinski definition) is 2. The first-order valence-electron chi connectivity index (χ1n) is 5.15. The summed E-state index contributed by atoms with van der Waals surface area (Å²) in [6, 6.07) is 8.48. The van der Waals surface area contributed by atoms with E-state index >= 15 is 0 Å². The SMILES string of the molecule is NC(N)=NCCN1CCc2ccccc21. The van der Waals surface area contributed by atoms with Gasteiger partial charge >= 0.3 is 0 Å². The van der Waals surface area contributed by atoms with Crippen LogP contribution in [0.4, 0.5) is 5.69 Å². The summed E-state index contributed by atoms with van der Waals surface area (Å²) in [5.74, 6) is 0.169. The first kappa shape index (κ1) is 9.83. The number of hydrogen-bond acceptors (Lipinski definition) is 2. The fourth-order valence-electron chi connectivity index (χ4n) is 1.94. The molecule has 0 amide bonds. The van der Waals surface area contributed by atoms with Gasteiger partial charge in [0, 0.05) is 18.8 Å². The van der Waals surface area contributed by atoms with Crippen LogP contribution in [0.3, 0.4) is 0 Å². The molecule has 1 aliphatic rings. The lowest BCUT2D eigenvalue weighted by Gasteiger charge is -2.17. The highest BCUT2D eigenvalue weighted by Crippen LogP contribution is 2.26. The Kier molecular flexibility index (Phi) is 2.76. The van der Waals surface area contributed by atoms with Gasteiger partial charge < -0.3 is 16.4 Å². The van der Waals surface area contributed by atoms with Gasteiger partial charge in [-0.2, -0.15) is 0 Å². The molecule has 4 heteroatoms. The second-order valence-corrected chi connectivity index (χ2v) is 3.67. The van der Waals surface area contributed by atoms with Gasteiger partial charge in [-0.15, -0.1) is 0 Å². The van der Waals surface area contributed by atoms with Gasteiger partial charge in [-0.1, -0.05) is 18.2 Å². The van der Waals surface area contributed by atoms with Crippen molar-refractivity contribution in [2.75, 3.05) is 24.5 Å². The molecule has 0 unspecified atom stereocenters. The van der Waals surface area contributed by atoms with E-state index in [4.69, 9.17) is 11.5 Å². The predicted molar refractivity (Wildman–Crippen MR) is 63.0 cm³/mol. The molecule has 1 aromatic rings. The monoisotopic (exact) mass is 204 g/mol. The predicted octanol–water partition coefficient (Wildman–Crippen LogP) is 0.323. The normalized spacial score (nSPS) is 13.7. The van der Waals surface area contributed by atoms with Crippen LogP contribution in [0, 0.1) is 0 Å². The molecule has 0 aromatic heterocycles. The van der Waals surface area contributed by atoms with Crippen LogP contribution in [0.1, 0.15) is 5.56 Å². The van der Waals surface area contributed by atoms with E-state index < -0.39 is 0 Å². The Morgan fingerprint density at radius 2 is 2.13 bits per heavy atom. The Morgan fingerprint density at radius 1 is 1.33 bits per heavy atom. The van der Waals surface area contributed by atoms with E-state index in [1.54, 1.807) is 0 Å². The van der Waals surface area contributed by atoms with Crippen LogP contribution < -0.4 is 16.4 Å². The standard InChI is InChI=1S/C11H16N4/c12-11(13)14-6-8-15-7-5-9-3-1-2-4-10(9)15/h1-4H,5-8H2,(H4,12,13,14). The minimum Gasteiger partial charge on any atom is -0.370 e. The number of nitrogens with two attached hydrogens (primary N) is 2. The lowest BCUT2D eigenvalue weighted by molar-refractivity contribution is 0.820. The Bertz CT molecular complexity index is 369. The summed E-state index contributed by atoms with van der Waals surface area (Å²) in [6.07, 6.45) is 1.12. The average Bonchev–Trinajstić information content (AvgIpc) is 2.62. The topological polar surface area (TPSA) is 67.6 Å². The minimum atomic E-state index is 0.169. The van der Waals surface area contributed by atoms with Crippen molar-refractivity contribution in [1.82, 2.24) is 0 Å². The number of fused-ring (bicyclic) bond motifs is 1. The molecule has 2 rings (SSSR count). The van der Waals surface area contributed by atoms with E-state index in [9.17, 15) is 0 Å². The molecule has 1 aliphatic heterocycles. The van der Waals surface area contributed by atoms with Crippen molar-refractivity contribution in [2.24, 2.45) is 16.5 Å². The molecule has 0 aliphatic carbocycles. The zero-order chi connectivity index (χ0) is 10.7. The number of nitrogens with zero attached hydrogens (tertiary/aromatic N) is 2. The summed E-state index contributed by atoms with van der Waals surface area (Å²) in [5, 5.41) is 0. The molecule has 0 saturated heterocycles. The highest BCUT2D eigenvalue weighted by Gasteiger charge is 2.16. The van der Waals surface area contributed by atoms with Crippen molar-refractivity contribution >= 4 is 11.6 Å². The van der Waals surface area contributed by atoms with Gasteiger partial charge in [0.15, 0.2) is 5.96 Å². The summed E-state index contributed by atoms with van der Waals surface area (Å²) in [7, 11) is 0. The molecule has 0 radical (unpaired) electrons. The van der Waals surface area contributed by atoms with E-state index in [1.165, 1.54) is 11.3 Å². The summed E-state index contributed by atoms with van der Waals surface area (Å²) in [4.78, 5) is 6.31. The van der Waals surface area contributed by atoms with Crippen molar-refractivity contribution < 1.29 is 0 Å². The lowest BCUT2D eigenvalue weighted by atomic mass is 10.2. The maximum atomic E-state index is 5.28. The Morgan fingerprint density at radius 3 is 2.93 bits per heavy atom. The van der Waals surface area contributed by atoms with E-state index in [-0.39, 0.29) is 5.96 Å². The second kappa shape index (κ2) is 4.21. The van der Waals surface area contributed by atoms with Crippen LogP contribution >= 0.6 is 0 Å². The van der Waals surface area contributed by atoms with Crippen molar-refractivity contribution in [2.45, 2.75) is 6.42 Å². The van der Waals surface area contributed by atoms with Crippen LogP contribution in [0.2, 0.25) is 0 Å². The third kappa shape index (κ3) is 2.21. The molecule has 4 nitrogen and oxygen atoms in total. The van der Waals surface area contributed by atoms with Gasteiger partial charge in [-0.25, -0.2) is 0 Å². The van der Waals surface area contributed by atoms with E-state index in [1.807, 2.05) is 0 Å². The van der Waals surface area contributed by atoms with E-state index in [0.29, 0.717) is 6.54 Å². The summed E-state index contributed by atoms with van der Waals surface area (Å²) < 4.78 is 0. The number of benzene rings is 1. The summed E-state index contributed by atoms with van der Waals surface area (Å²) in [5.41, 5.74) is 13.3. The maximum absolute atomic E-state index is 5.28. The molecule has 1 heterocycles. The number of guanidine groups is 1. The number of aliphatic imine (C=N–C) groups is 1. The van der Waals surface area contributed by atoms with Crippen molar-refractivity contribution in [1.29, 1.82) is 0 Å². The molecule has 0 saturated carbocycles. The summed E-state index contributed by atoms with van der Waals surface area (Å²) in [6.45, 7) is 2.62. The molecule has 1 aromatic carbocycles. The van der Waals surface area contributed by atoms with Crippen molar-refractivity contribution in [3.8, 4) is 0 Å². The van der Waals surface area contributed by atoms with Crippen molar-refractivity contribution in [3.63, 3.8) is 0 Å². The number of rotatable bonds is 3. The molecule has 0 bridgehead atoms. The van der Waals surface area contributed by atoms with Crippen LogP contribution in [0.15, 0.2) is 29.3 Å². The molecule has 4 N–H and O–H groups in total. The molecule has 15 heavy (non-hydrogen) atoms. The van der Waals surface area contributed by atoms with Crippen LogP contribution in [0.25, 0.3) is 0 Å². The van der Waals surface area contributed by atoms with E-state index in [0.717, 1.165) is 19.5 Å². The molecule has 0 spiro atoms. The molecule has 80 valence electrons. The van der Waals surface area contributed by atoms with Gasteiger partial charge in [0.25, 0.3) is 0 Å². The first-order chi connectivity index (χ1) is 7.27. The van der Waals surface area contributed by atoms with Gasteiger partial charge in [-0.3, -0.25) is 4.99 Å². The quantitative estimate of drug-likeness (QED) is 0.550. The number of anilines is 1. The third-order valence-corrected chi connectivity index (χ3v) is 2.65. The Hall–Kier alpha value is -1.71.